The third-order valence-corrected chi connectivity index (χ3v) is 14.7. The van der Waals surface area contributed by atoms with E-state index in [1.807, 2.05) is 0 Å². The molecule has 0 aromatic heterocycles. The monoisotopic (exact) mass is 626 g/mol. The zero-order valence-electron chi connectivity index (χ0n) is 23.0. The molecule has 2 heterocycles. The van der Waals surface area contributed by atoms with Crippen LogP contribution in [0.4, 0.5) is 0 Å². The molecule has 2 aliphatic heterocycles. The molecule has 40 heavy (non-hydrogen) atoms. The molecule has 0 N–H and O–H groups in total. The first-order valence-electron chi connectivity index (χ1n) is 14.1. The fourth-order valence-electron chi connectivity index (χ4n) is 7.97. The number of hydrogen-bond acceptors (Lipinski definition) is 3. The van der Waals surface area contributed by atoms with Gasteiger partial charge in [0, 0.05) is 26.2 Å². The van der Waals surface area contributed by atoms with Crippen LogP contribution in [0.5, 0.6) is 0 Å². The molecule has 0 amide bonds. The summed E-state index contributed by atoms with van der Waals surface area (Å²) in [6.07, 6.45) is 21.7. The number of nitrogens with zero attached hydrogens (tertiary/aromatic N) is 3. The summed E-state index contributed by atoms with van der Waals surface area (Å²) in [7, 11) is 7.10. The first-order valence-corrected chi connectivity index (χ1v) is 19.6. The van der Waals surface area contributed by atoms with Crippen molar-refractivity contribution in [2.75, 3.05) is 26.2 Å². The zero-order chi connectivity index (χ0) is 26.7. The van der Waals surface area contributed by atoms with Crippen LogP contribution in [0, 0.1) is 31.1 Å². The summed E-state index contributed by atoms with van der Waals surface area (Å²) >= 11 is -0.181. The summed E-state index contributed by atoms with van der Waals surface area (Å²) in [6.45, 7) is 4.31. The number of rotatable bonds is 4. The normalized spacial score (nSPS) is 27.9. The molecule has 7 rings (SSSR count). The van der Waals surface area contributed by atoms with Crippen molar-refractivity contribution in [3.8, 4) is 0 Å². The number of hydrogen-bond donors (Lipinski definition) is 0. The van der Waals surface area contributed by atoms with E-state index in [0.29, 0.717) is 29.2 Å². The third-order valence-electron chi connectivity index (χ3n) is 9.23. The van der Waals surface area contributed by atoms with Crippen LogP contribution < -0.4 is 10.4 Å². The van der Waals surface area contributed by atoms with Gasteiger partial charge in [-0.3, -0.25) is 4.99 Å². The van der Waals surface area contributed by atoms with E-state index in [1.54, 1.807) is 0 Å². The van der Waals surface area contributed by atoms with Crippen LogP contribution in [0.1, 0.15) is 12.8 Å². The van der Waals surface area contributed by atoms with Gasteiger partial charge in [-0.1, -0.05) is 109 Å². The second-order valence-electron chi connectivity index (χ2n) is 11.0. The number of aliphatic imine (C=N–C) groups is 1. The second-order valence-corrected chi connectivity index (χ2v) is 17.0. The number of fused-ring (bicyclic) bond motifs is 4. The molecule has 3 aliphatic carbocycles. The van der Waals surface area contributed by atoms with Gasteiger partial charge < -0.3 is 16.9 Å². The predicted octanol–water partition coefficient (Wildman–Crippen LogP) is 6.44. The van der Waals surface area contributed by atoms with Gasteiger partial charge in [0.1, 0.15) is 0 Å². The van der Waals surface area contributed by atoms with Crippen LogP contribution in [0.15, 0.2) is 114 Å². The van der Waals surface area contributed by atoms with E-state index in [2.05, 4.69) is 119 Å². The van der Waals surface area contributed by atoms with Crippen LogP contribution in [-0.2, 0) is 13.4 Å². The van der Waals surface area contributed by atoms with Gasteiger partial charge in [-0.05, 0) is 52.4 Å². The Morgan fingerprint density at radius 2 is 1.15 bits per heavy atom. The van der Waals surface area contributed by atoms with E-state index < -0.39 is 8.24 Å². The summed E-state index contributed by atoms with van der Waals surface area (Å²) in [4.78, 5) is 7.86. The Balaban J connectivity index is 0.000000774. The Hall–Kier alpha value is -2.00. The Bertz CT molecular complexity index is 1210. The molecule has 0 spiro atoms. The Morgan fingerprint density at radius 3 is 1.68 bits per heavy atom. The van der Waals surface area contributed by atoms with Crippen molar-refractivity contribution in [3.05, 3.63) is 117 Å². The first kappa shape index (κ1) is 29.5. The van der Waals surface area contributed by atoms with Crippen molar-refractivity contribution in [2.24, 2.45) is 28.7 Å². The fraction of sp³-hybridized carbons (Fsp3) is 0.333. The molecule has 2 fully saturated rings. The van der Waals surface area contributed by atoms with E-state index >= 15 is 0 Å². The van der Waals surface area contributed by atoms with Crippen LogP contribution in [0.3, 0.4) is 0 Å². The molecule has 1 saturated carbocycles. The summed E-state index contributed by atoms with van der Waals surface area (Å²) in [6, 6.07) is 23.2. The summed E-state index contributed by atoms with van der Waals surface area (Å²) in [5.74, 6) is 3.42. The van der Waals surface area contributed by atoms with Crippen molar-refractivity contribution in [1.29, 1.82) is 0 Å². The zero-order valence-corrected chi connectivity index (χ0v) is 26.8. The molecular weight excluding hydrogens is 589 g/mol. The molecule has 0 bridgehead atoms. The molecule has 7 heteroatoms. The number of allylic oxidation sites excluding steroid dienone is 8. The summed E-state index contributed by atoms with van der Waals surface area (Å²) in [5.41, 5.74) is 0.518. The molecule has 2 aromatic rings. The van der Waals surface area contributed by atoms with Gasteiger partial charge in [0.25, 0.3) is 0 Å². The van der Waals surface area contributed by atoms with Crippen molar-refractivity contribution in [2.45, 2.75) is 18.4 Å². The van der Waals surface area contributed by atoms with E-state index in [4.69, 9.17) is 25.1 Å². The topological polar surface area (TPSA) is 18.8 Å². The maximum atomic E-state index is 5.27. The van der Waals surface area contributed by atoms with E-state index in [-0.39, 0.29) is 20.8 Å². The van der Waals surface area contributed by atoms with Gasteiger partial charge in [-0.2, -0.15) is 0 Å². The van der Waals surface area contributed by atoms with Gasteiger partial charge in [0.2, 0.25) is 8.24 Å². The van der Waals surface area contributed by atoms with Crippen LogP contribution in [0.2, 0.25) is 5.54 Å². The van der Waals surface area contributed by atoms with Crippen molar-refractivity contribution in [1.82, 2.24) is 9.47 Å². The van der Waals surface area contributed by atoms with E-state index in [0.717, 1.165) is 26.2 Å². The van der Waals surface area contributed by atoms with Crippen LogP contribution in [0.25, 0.3) is 0 Å². The molecule has 4 unspecified atom stereocenters. The first-order chi connectivity index (χ1) is 19.3. The molecule has 210 valence electrons. The van der Waals surface area contributed by atoms with Crippen molar-refractivity contribution in [3.63, 3.8) is 0 Å². The number of guanidine groups is 1. The molecule has 5 aliphatic rings. The molecule has 1 saturated heterocycles. The molecular formula is C33H38Cl2CrN3Si-. The molecule has 3 nitrogen and oxygen atoms in total. The Kier molecular flexibility index (Phi) is 9.82. The van der Waals surface area contributed by atoms with E-state index in [1.165, 1.54) is 29.2 Å². The van der Waals surface area contributed by atoms with Crippen molar-refractivity contribution >= 4 is 44.7 Å². The third kappa shape index (κ3) is 5.10. The molecule has 4 atom stereocenters. The van der Waals surface area contributed by atoms with Crippen LogP contribution in [-0.4, -0.2) is 49.8 Å². The fourth-order valence-corrected chi connectivity index (χ4v) is 14.3. The van der Waals surface area contributed by atoms with Gasteiger partial charge in [-0.15, -0.1) is 0 Å². The Labute approximate surface area is 256 Å². The van der Waals surface area contributed by atoms with Gasteiger partial charge in [-0.25, -0.2) is 0 Å². The van der Waals surface area contributed by atoms with Crippen LogP contribution >= 0.6 is 20.1 Å². The number of halogens is 2. The predicted molar refractivity (Wildman–Crippen MR) is 170 cm³/mol. The van der Waals surface area contributed by atoms with Gasteiger partial charge >= 0.3 is 33.5 Å². The minimum absolute atomic E-state index is 0. The standard InChI is InChI=1S/C32H35N3Si.CH3.2ClH.Cr/c1-3-13-25(14-4-1)36(26-15-5-2-6-16-26,35-24-12-23-34-22-11-21-33-32(34)35)31-29-19-9-7-17-27(29)28-18-8-10-20-30(28)31;;;;/h1-10,13-20,27-31H,11-12,21-24H2;1H3;2*1H;/q;-1;;;+2/p-2. The molecule has 2 aromatic carbocycles. The van der Waals surface area contributed by atoms with E-state index in [9.17, 15) is 0 Å². The van der Waals surface area contributed by atoms with Gasteiger partial charge in [0.05, 0.1) is 0 Å². The SMILES string of the molecule is C1=CC2C3C=CC=CC3C([Si](c3ccccc3)(c3ccccc3)N3CCCN4CCCN=C43)C2C=C1.[CH3-].[Cl][Cr][Cl]. The maximum absolute atomic E-state index is 5.27. The van der Waals surface area contributed by atoms with Gasteiger partial charge in [0.15, 0.2) is 5.96 Å². The summed E-state index contributed by atoms with van der Waals surface area (Å²) in [5, 5.41) is 3.06. The number of benzene rings is 2. The summed E-state index contributed by atoms with van der Waals surface area (Å²) < 4.78 is 2.88. The molecule has 0 radical (unpaired) electrons. The quantitative estimate of drug-likeness (QED) is 0.287. The van der Waals surface area contributed by atoms with Crippen molar-refractivity contribution < 1.29 is 13.4 Å². The Morgan fingerprint density at radius 1 is 0.675 bits per heavy atom. The minimum atomic E-state index is -2.55. The average molecular weight is 628 g/mol. The second kappa shape index (κ2) is 13.3. The average Bonchev–Trinajstić information content (AvgIpc) is 3.34.